The molecule has 2 aromatic heterocycles. The monoisotopic (exact) mass is 284 g/mol. The van der Waals surface area contributed by atoms with Crippen molar-refractivity contribution in [1.29, 1.82) is 0 Å². The zero-order valence-corrected chi connectivity index (χ0v) is 11.2. The molecule has 0 aliphatic carbocycles. The van der Waals surface area contributed by atoms with E-state index in [0.717, 1.165) is 24.1 Å². The standard InChI is InChI=1S/C13H15F3N4/c1-3-4-17-11-5-10(13(14,15)16)6-12(19-11)20-8-9(2)7-18-20/h5-8H,3-4H2,1-2H3,(H,17,19). The Hall–Kier alpha value is -2.05. The van der Waals surface area contributed by atoms with Crippen molar-refractivity contribution in [1.82, 2.24) is 14.8 Å². The van der Waals surface area contributed by atoms with Gasteiger partial charge < -0.3 is 5.32 Å². The van der Waals surface area contributed by atoms with Gasteiger partial charge in [0, 0.05) is 12.7 Å². The Morgan fingerprint density at radius 1 is 1.30 bits per heavy atom. The van der Waals surface area contributed by atoms with Gasteiger partial charge in [-0.2, -0.15) is 18.3 Å². The van der Waals surface area contributed by atoms with E-state index in [4.69, 9.17) is 0 Å². The van der Waals surface area contributed by atoms with Gasteiger partial charge in [0.1, 0.15) is 5.82 Å². The van der Waals surface area contributed by atoms with Crippen LogP contribution in [0, 0.1) is 6.92 Å². The van der Waals surface area contributed by atoms with E-state index < -0.39 is 11.7 Å². The van der Waals surface area contributed by atoms with E-state index in [0.29, 0.717) is 6.54 Å². The third-order valence-corrected chi connectivity index (χ3v) is 2.64. The van der Waals surface area contributed by atoms with E-state index in [2.05, 4.69) is 15.4 Å². The fourth-order valence-corrected chi connectivity index (χ4v) is 1.68. The lowest BCUT2D eigenvalue weighted by molar-refractivity contribution is -0.137. The number of hydrogen-bond donors (Lipinski definition) is 1. The fraction of sp³-hybridized carbons (Fsp3) is 0.385. The number of nitrogens with zero attached hydrogens (tertiary/aromatic N) is 3. The summed E-state index contributed by atoms with van der Waals surface area (Å²) in [4.78, 5) is 4.16. The second kappa shape index (κ2) is 5.52. The summed E-state index contributed by atoms with van der Waals surface area (Å²) in [5, 5.41) is 6.86. The minimum absolute atomic E-state index is 0.145. The van der Waals surface area contributed by atoms with E-state index in [1.54, 1.807) is 12.4 Å². The maximum atomic E-state index is 12.9. The van der Waals surface area contributed by atoms with Gasteiger partial charge in [0.05, 0.1) is 11.8 Å². The van der Waals surface area contributed by atoms with Crippen LogP contribution in [-0.4, -0.2) is 21.3 Å². The largest absolute Gasteiger partial charge is 0.416 e. The highest BCUT2D eigenvalue weighted by molar-refractivity contribution is 5.45. The van der Waals surface area contributed by atoms with Gasteiger partial charge in [-0.3, -0.25) is 0 Å². The lowest BCUT2D eigenvalue weighted by Crippen LogP contribution is -2.11. The minimum atomic E-state index is -4.41. The van der Waals surface area contributed by atoms with Crippen molar-refractivity contribution in [2.24, 2.45) is 0 Å². The zero-order chi connectivity index (χ0) is 14.8. The second-order valence-corrected chi connectivity index (χ2v) is 4.49. The number of rotatable bonds is 4. The SMILES string of the molecule is CCCNc1cc(C(F)(F)F)cc(-n2cc(C)cn2)n1. The molecule has 7 heteroatoms. The first kappa shape index (κ1) is 14.4. The van der Waals surface area contributed by atoms with Crippen LogP contribution >= 0.6 is 0 Å². The molecule has 0 unspecified atom stereocenters. The lowest BCUT2D eigenvalue weighted by atomic mass is 10.2. The fourth-order valence-electron chi connectivity index (χ4n) is 1.68. The Morgan fingerprint density at radius 3 is 2.60 bits per heavy atom. The van der Waals surface area contributed by atoms with Gasteiger partial charge in [-0.15, -0.1) is 0 Å². The Bertz CT molecular complexity index is 590. The molecule has 0 fully saturated rings. The number of halogens is 3. The highest BCUT2D eigenvalue weighted by atomic mass is 19.4. The molecule has 20 heavy (non-hydrogen) atoms. The minimum Gasteiger partial charge on any atom is -0.370 e. The van der Waals surface area contributed by atoms with Gasteiger partial charge in [0.25, 0.3) is 0 Å². The van der Waals surface area contributed by atoms with Crippen LogP contribution in [0.25, 0.3) is 5.82 Å². The van der Waals surface area contributed by atoms with Gasteiger partial charge in [-0.1, -0.05) is 6.92 Å². The number of aromatic nitrogens is 3. The van der Waals surface area contributed by atoms with E-state index in [9.17, 15) is 13.2 Å². The van der Waals surface area contributed by atoms with Crippen LogP contribution in [0.1, 0.15) is 24.5 Å². The normalized spacial score (nSPS) is 11.7. The molecule has 0 aromatic carbocycles. The maximum Gasteiger partial charge on any atom is 0.416 e. The van der Waals surface area contributed by atoms with E-state index in [1.165, 1.54) is 4.68 Å². The highest BCUT2D eigenvalue weighted by Gasteiger charge is 2.32. The summed E-state index contributed by atoms with van der Waals surface area (Å²) < 4.78 is 40.1. The molecule has 2 heterocycles. The van der Waals surface area contributed by atoms with Crippen molar-refractivity contribution in [3.8, 4) is 5.82 Å². The summed E-state index contributed by atoms with van der Waals surface area (Å²) in [6, 6.07) is 2.00. The molecule has 0 amide bonds. The summed E-state index contributed by atoms with van der Waals surface area (Å²) in [6.45, 7) is 4.30. The number of alkyl halides is 3. The van der Waals surface area contributed by atoms with Crippen molar-refractivity contribution in [3.05, 3.63) is 35.7 Å². The number of hydrogen-bond acceptors (Lipinski definition) is 3. The van der Waals surface area contributed by atoms with Crippen molar-refractivity contribution in [2.45, 2.75) is 26.4 Å². The number of nitrogens with one attached hydrogen (secondary N) is 1. The van der Waals surface area contributed by atoms with E-state index in [-0.39, 0.29) is 11.6 Å². The quantitative estimate of drug-likeness (QED) is 0.935. The number of pyridine rings is 1. The molecular weight excluding hydrogens is 269 g/mol. The Kier molecular flexibility index (Phi) is 3.96. The highest BCUT2D eigenvalue weighted by Crippen LogP contribution is 2.31. The van der Waals surface area contributed by atoms with Crippen molar-refractivity contribution >= 4 is 5.82 Å². The van der Waals surface area contributed by atoms with Crippen LogP contribution < -0.4 is 5.32 Å². The Labute approximate surface area is 114 Å². The average Bonchev–Trinajstić information content (AvgIpc) is 2.82. The first-order chi connectivity index (χ1) is 9.40. The average molecular weight is 284 g/mol. The molecule has 0 aliphatic heterocycles. The number of aryl methyl sites for hydroxylation is 1. The van der Waals surface area contributed by atoms with E-state index in [1.807, 2.05) is 13.8 Å². The molecule has 108 valence electrons. The van der Waals surface area contributed by atoms with Crippen molar-refractivity contribution < 1.29 is 13.2 Å². The first-order valence-corrected chi connectivity index (χ1v) is 6.25. The van der Waals surface area contributed by atoms with Crippen LogP contribution in [0.5, 0.6) is 0 Å². The molecule has 2 rings (SSSR count). The van der Waals surface area contributed by atoms with Crippen molar-refractivity contribution in [2.75, 3.05) is 11.9 Å². The van der Waals surface area contributed by atoms with Gasteiger partial charge in [0.2, 0.25) is 0 Å². The maximum absolute atomic E-state index is 12.9. The molecule has 0 spiro atoms. The first-order valence-electron chi connectivity index (χ1n) is 6.25. The molecule has 0 radical (unpaired) electrons. The Balaban J connectivity index is 2.45. The van der Waals surface area contributed by atoms with Gasteiger partial charge >= 0.3 is 6.18 Å². The second-order valence-electron chi connectivity index (χ2n) is 4.49. The predicted octanol–water partition coefficient (Wildman–Crippen LogP) is 3.42. The lowest BCUT2D eigenvalue weighted by Gasteiger charge is -2.12. The van der Waals surface area contributed by atoms with Crippen LogP contribution in [-0.2, 0) is 6.18 Å². The summed E-state index contributed by atoms with van der Waals surface area (Å²) >= 11 is 0. The molecular formula is C13H15F3N4. The summed E-state index contributed by atoms with van der Waals surface area (Å²) in [5.41, 5.74) is 0.113. The predicted molar refractivity (Wildman–Crippen MR) is 69.9 cm³/mol. The molecule has 0 saturated carbocycles. The third-order valence-electron chi connectivity index (χ3n) is 2.64. The van der Waals surface area contributed by atoms with Gasteiger partial charge in [-0.25, -0.2) is 9.67 Å². The molecule has 1 N–H and O–H groups in total. The topological polar surface area (TPSA) is 42.7 Å². The van der Waals surface area contributed by atoms with Gasteiger partial charge in [0.15, 0.2) is 5.82 Å². The molecule has 0 saturated heterocycles. The third kappa shape index (κ3) is 3.28. The van der Waals surface area contributed by atoms with E-state index >= 15 is 0 Å². The molecule has 0 bridgehead atoms. The molecule has 2 aromatic rings. The van der Waals surface area contributed by atoms with Gasteiger partial charge in [-0.05, 0) is 31.0 Å². The van der Waals surface area contributed by atoms with Crippen LogP contribution in [0.4, 0.5) is 19.0 Å². The summed E-state index contributed by atoms with van der Waals surface area (Å²) in [6.07, 6.45) is -0.413. The molecule has 0 atom stereocenters. The van der Waals surface area contributed by atoms with Crippen LogP contribution in [0.15, 0.2) is 24.5 Å². The van der Waals surface area contributed by atoms with Crippen LogP contribution in [0.2, 0.25) is 0 Å². The zero-order valence-electron chi connectivity index (χ0n) is 11.2. The Morgan fingerprint density at radius 2 is 2.05 bits per heavy atom. The number of anilines is 1. The summed E-state index contributed by atoms with van der Waals surface area (Å²) in [7, 11) is 0. The smallest absolute Gasteiger partial charge is 0.370 e. The van der Waals surface area contributed by atoms with Crippen molar-refractivity contribution in [3.63, 3.8) is 0 Å². The summed E-state index contributed by atoms with van der Waals surface area (Å²) in [5.74, 6) is 0.344. The van der Waals surface area contributed by atoms with Crippen LogP contribution in [0.3, 0.4) is 0 Å². The molecule has 4 nitrogen and oxygen atoms in total. The molecule has 0 aliphatic rings.